The molecule has 0 saturated heterocycles. The van der Waals surface area contributed by atoms with Crippen LogP contribution in [0.15, 0.2) is 36.5 Å². The zero-order valence-electron chi connectivity index (χ0n) is 8.80. The second kappa shape index (κ2) is 4.69. The quantitative estimate of drug-likeness (QED) is 0.877. The molecular weight excluding hydrogens is 223 g/mol. The van der Waals surface area contributed by atoms with Crippen molar-refractivity contribution in [3.05, 3.63) is 48.2 Å². The first-order valence-electron chi connectivity index (χ1n) is 4.95. The summed E-state index contributed by atoms with van der Waals surface area (Å²) in [5, 5.41) is 8.62. The summed E-state index contributed by atoms with van der Waals surface area (Å²) in [7, 11) is 0. The van der Waals surface area contributed by atoms with Gasteiger partial charge in [-0.3, -0.25) is 4.79 Å². The van der Waals surface area contributed by atoms with E-state index < -0.39 is 11.8 Å². The standard InChI is InChI=1S/C12H9FN2O2/c13-9-7-14-10(6-11(16)17)15-12(9)8-4-2-1-3-5-8/h1-5,7H,6H2,(H,16,17). The van der Waals surface area contributed by atoms with Crippen molar-refractivity contribution in [1.29, 1.82) is 0 Å². The molecule has 0 aliphatic heterocycles. The van der Waals surface area contributed by atoms with Gasteiger partial charge in [0.05, 0.1) is 6.20 Å². The van der Waals surface area contributed by atoms with Crippen molar-refractivity contribution in [2.45, 2.75) is 6.42 Å². The Balaban J connectivity index is 2.43. The van der Waals surface area contributed by atoms with Gasteiger partial charge in [0.15, 0.2) is 5.82 Å². The van der Waals surface area contributed by atoms with Crippen LogP contribution in [-0.2, 0) is 11.2 Å². The fourth-order valence-corrected chi connectivity index (χ4v) is 1.42. The third-order valence-electron chi connectivity index (χ3n) is 2.15. The summed E-state index contributed by atoms with van der Waals surface area (Å²) in [6, 6.07) is 8.73. The Labute approximate surface area is 96.8 Å². The molecule has 0 bridgehead atoms. The van der Waals surface area contributed by atoms with Gasteiger partial charge in [0, 0.05) is 5.56 Å². The largest absolute Gasteiger partial charge is 0.481 e. The molecule has 1 heterocycles. The van der Waals surface area contributed by atoms with Crippen molar-refractivity contribution in [3.63, 3.8) is 0 Å². The van der Waals surface area contributed by atoms with Gasteiger partial charge in [0.2, 0.25) is 0 Å². The van der Waals surface area contributed by atoms with Crippen molar-refractivity contribution in [2.24, 2.45) is 0 Å². The first-order valence-corrected chi connectivity index (χ1v) is 4.95. The van der Waals surface area contributed by atoms with E-state index in [2.05, 4.69) is 9.97 Å². The highest BCUT2D eigenvalue weighted by Crippen LogP contribution is 2.19. The molecule has 2 aromatic rings. The maximum absolute atomic E-state index is 13.5. The molecule has 0 saturated carbocycles. The topological polar surface area (TPSA) is 63.1 Å². The molecule has 0 aliphatic carbocycles. The van der Waals surface area contributed by atoms with Crippen molar-refractivity contribution in [2.75, 3.05) is 0 Å². The second-order valence-electron chi connectivity index (χ2n) is 3.42. The molecule has 86 valence electrons. The maximum atomic E-state index is 13.5. The van der Waals surface area contributed by atoms with E-state index in [9.17, 15) is 9.18 Å². The zero-order chi connectivity index (χ0) is 12.3. The van der Waals surface area contributed by atoms with E-state index in [0.717, 1.165) is 6.20 Å². The minimum Gasteiger partial charge on any atom is -0.481 e. The summed E-state index contributed by atoms with van der Waals surface area (Å²) in [5.74, 6) is -1.52. The van der Waals surface area contributed by atoms with Crippen LogP contribution in [0.3, 0.4) is 0 Å². The fraction of sp³-hybridized carbons (Fsp3) is 0.0833. The Kier molecular flexibility index (Phi) is 3.09. The third kappa shape index (κ3) is 2.63. The van der Waals surface area contributed by atoms with Crippen molar-refractivity contribution < 1.29 is 14.3 Å². The lowest BCUT2D eigenvalue weighted by atomic mass is 10.1. The number of carboxylic acid groups (broad SMARTS) is 1. The minimum atomic E-state index is -1.05. The predicted molar refractivity (Wildman–Crippen MR) is 58.8 cm³/mol. The van der Waals surface area contributed by atoms with Gasteiger partial charge in [-0.05, 0) is 0 Å². The summed E-state index contributed by atoms with van der Waals surface area (Å²) in [4.78, 5) is 18.1. The van der Waals surface area contributed by atoms with Gasteiger partial charge in [-0.25, -0.2) is 14.4 Å². The highest BCUT2D eigenvalue weighted by Gasteiger charge is 2.10. The summed E-state index contributed by atoms with van der Waals surface area (Å²) < 4.78 is 13.5. The van der Waals surface area contributed by atoms with Crippen LogP contribution in [0.25, 0.3) is 11.3 Å². The third-order valence-corrected chi connectivity index (χ3v) is 2.15. The predicted octanol–water partition coefficient (Wildman–Crippen LogP) is 1.91. The van der Waals surface area contributed by atoms with Gasteiger partial charge in [-0.1, -0.05) is 30.3 Å². The normalized spacial score (nSPS) is 10.2. The Morgan fingerprint density at radius 2 is 2.00 bits per heavy atom. The van der Waals surface area contributed by atoms with E-state index in [1.807, 2.05) is 0 Å². The number of hydrogen-bond donors (Lipinski definition) is 1. The number of aromatic nitrogens is 2. The smallest absolute Gasteiger partial charge is 0.311 e. The monoisotopic (exact) mass is 232 g/mol. The summed E-state index contributed by atoms with van der Waals surface area (Å²) >= 11 is 0. The number of carboxylic acids is 1. The minimum absolute atomic E-state index is 0.0951. The van der Waals surface area contributed by atoms with E-state index in [4.69, 9.17) is 5.11 Å². The van der Waals surface area contributed by atoms with E-state index in [1.54, 1.807) is 30.3 Å². The van der Waals surface area contributed by atoms with Crippen LogP contribution < -0.4 is 0 Å². The van der Waals surface area contributed by atoms with E-state index in [1.165, 1.54) is 0 Å². The highest BCUT2D eigenvalue weighted by molar-refractivity contribution is 5.69. The lowest BCUT2D eigenvalue weighted by molar-refractivity contribution is -0.136. The van der Waals surface area contributed by atoms with Gasteiger partial charge in [-0.15, -0.1) is 0 Å². The van der Waals surface area contributed by atoms with Gasteiger partial charge in [-0.2, -0.15) is 0 Å². The van der Waals surface area contributed by atoms with Crippen LogP contribution in [0.4, 0.5) is 4.39 Å². The number of halogens is 1. The first kappa shape index (κ1) is 11.2. The molecule has 4 nitrogen and oxygen atoms in total. The molecular formula is C12H9FN2O2. The average Bonchev–Trinajstić information content (AvgIpc) is 2.32. The SMILES string of the molecule is O=C(O)Cc1ncc(F)c(-c2ccccc2)n1. The van der Waals surface area contributed by atoms with Crippen molar-refractivity contribution >= 4 is 5.97 Å². The molecule has 17 heavy (non-hydrogen) atoms. The van der Waals surface area contributed by atoms with Crippen LogP contribution in [0.1, 0.15) is 5.82 Å². The lowest BCUT2D eigenvalue weighted by Crippen LogP contribution is -2.06. The highest BCUT2D eigenvalue weighted by atomic mass is 19.1. The van der Waals surface area contributed by atoms with Crippen LogP contribution in [-0.4, -0.2) is 21.0 Å². The summed E-state index contributed by atoms with van der Waals surface area (Å²) in [5.41, 5.74) is 0.718. The van der Waals surface area contributed by atoms with Crippen LogP contribution in [0, 0.1) is 5.82 Å². The molecule has 0 radical (unpaired) electrons. The second-order valence-corrected chi connectivity index (χ2v) is 3.42. The van der Waals surface area contributed by atoms with Crippen molar-refractivity contribution in [1.82, 2.24) is 9.97 Å². The summed E-state index contributed by atoms with van der Waals surface area (Å²) in [6.07, 6.45) is 0.674. The number of hydrogen-bond acceptors (Lipinski definition) is 3. The molecule has 0 fully saturated rings. The molecule has 1 N–H and O–H groups in total. The number of aliphatic carboxylic acids is 1. The molecule has 1 aromatic carbocycles. The van der Waals surface area contributed by atoms with Gasteiger partial charge < -0.3 is 5.11 Å². The number of carbonyl (C=O) groups is 1. The van der Waals surface area contributed by atoms with Crippen LogP contribution in [0.2, 0.25) is 0 Å². The number of rotatable bonds is 3. The van der Waals surface area contributed by atoms with Crippen LogP contribution >= 0.6 is 0 Å². The van der Waals surface area contributed by atoms with Crippen molar-refractivity contribution in [3.8, 4) is 11.3 Å². The Bertz CT molecular complexity index is 543. The Morgan fingerprint density at radius 1 is 1.29 bits per heavy atom. The number of nitrogens with zero attached hydrogens (tertiary/aromatic N) is 2. The molecule has 0 unspecified atom stereocenters. The van der Waals surface area contributed by atoms with E-state index in [0.29, 0.717) is 5.56 Å². The lowest BCUT2D eigenvalue weighted by Gasteiger charge is -2.03. The van der Waals surface area contributed by atoms with Gasteiger partial charge in [0.25, 0.3) is 0 Å². The molecule has 0 spiro atoms. The number of benzene rings is 1. The first-order chi connectivity index (χ1) is 8.16. The van der Waals surface area contributed by atoms with Gasteiger partial charge >= 0.3 is 5.97 Å². The molecule has 5 heteroatoms. The zero-order valence-corrected chi connectivity index (χ0v) is 8.80. The van der Waals surface area contributed by atoms with Gasteiger partial charge in [0.1, 0.15) is 17.9 Å². The van der Waals surface area contributed by atoms with E-state index in [-0.39, 0.29) is 17.9 Å². The molecule has 0 amide bonds. The Hall–Kier alpha value is -2.30. The average molecular weight is 232 g/mol. The maximum Gasteiger partial charge on any atom is 0.311 e. The molecule has 0 aliphatic rings. The fourth-order valence-electron chi connectivity index (χ4n) is 1.42. The molecule has 1 aromatic heterocycles. The molecule has 0 atom stereocenters. The van der Waals surface area contributed by atoms with Crippen LogP contribution in [0.5, 0.6) is 0 Å². The summed E-state index contributed by atoms with van der Waals surface area (Å²) in [6.45, 7) is 0. The van der Waals surface area contributed by atoms with E-state index >= 15 is 0 Å². The Morgan fingerprint density at radius 3 is 2.65 bits per heavy atom. The molecule has 2 rings (SSSR count).